The lowest BCUT2D eigenvalue weighted by atomic mass is 10.1. The van der Waals surface area contributed by atoms with Gasteiger partial charge in [0, 0.05) is 6.54 Å². The first-order valence-electron chi connectivity index (χ1n) is 5.53. The average Bonchev–Trinajstić information content (AvgIpc) is 2.82. The number of furan rings is 1. The Labute approximate surface area is 103 Å². The van der Waals surface area contributed by atoms with Crippen molar-refractivity contribution in [2.45, 2.75) is 12.6 Å². The molecule has 0 spiro atoms. The van der Waals surface area contributed by atoms with Crippen LogP contribution in [-0.4, -0.2) is 11.7 Å². The zero-order valence-corrected chi connectivity index (χ0v) is 9.57. The van der Waals surface area contributed by atoms with E-state index in [4.69, 9.17) is 4.42 Å². The maximum atomic E-state index is 13.4. The number of rotatable bonds is 5. The number of halogens is 2. The molecule has 2 rings (SSSR count). The van der Waals surface area contributed by atoms with Gasteiger partial charge in [-0.3, -0.25) is 0 Å². The molecular formula is C13H13F2NO2. The summed E-state index contributed by atoms with van der Waals surface area (Å²) < 4.78 is 31.8. The van der Waals surface area contributed by atoms with Gasteiger partial charge < -0.3 is 14.8 Å². The van der Waals surface area contributed by atoms with Crippen LogP contribution in [-0.2, 0) is 6.54 Å². The Morgan fingerprint density at radius 3 is 2.50 bits per heavy atom. The molecule has 0 bridgehead atoms. The summed E-state index contributed by atoms with van der Waals surface area (Å²) in [5.41, 5.74) is -0.315. The Hall–Kier alpha value is -1.72. The van der Waals surface area contributed by atoms with E-state index in [0.717, 1.165) is 12.1 Å². The topological polar surface area (TPSA) is 45.4 Å². The summed E-state index contributed by atoms with van der Waals surface area (Å²) >= 11 is 0. The number of hydrogen-bond acceptors (Lipinski definition) is 3. The highest BCUT2D eigenvalue weighted by Crippen LogP contribution is 2.19. The van der Waals surface area contributed by atoms with Gasteiger partial charge in [-0.2, -0.15) is 0 Å². The second-order valence-electron chi connectivity index (χ2n) is 3.86. The summed E-state index contributed by atoms with van der Waals surface area (Å²) in [6.07, 6.45) is 0.297. The van der Waals surface area contributed by atoms with Gasteiger partial charge in [0.05, 0.1) is 24.5 Å². The first-order chi connectivity index (χ1) is 8.68. The molecule has 0 saturated heterocycles. The summed E-state index contributed by atoms with van der Waals surface area (Å²) in [6.45, 7) is 0.429. The summed E-state index contributed by atoms with van der Waals surface area (Å²) in [5.74, 6) is -0.805. The minimum absolute atomic E-state index is 0.0402. The molecule has 1 aromatic heterocycles. The first-order valence-corrected chi connectivity index (χ1v) is 5.53. The van der Waals surface area contributed by atoms with E-state index in [1.807, 2.05) is 0 Å². The van der Waals surface area contributed by atoms with Crippen LogP contribution < -0.4 is 5.32 Å². The number of aliphatic hydroxyl groups is 1. The predicted octanol–water partition coefficient (Wildman–Crippen LogP) is 2.38. The summed E-state index contributed by atoms with van der Waals surface area (Å²) in [7, 11) is 0. The Morgan fingerprint density at radius 1 is 1.17 bits per heavy atom. The SMILES string of the molecule is OC(CNCc1ccco1)c1c(F)cccc1F. The molecule has 1 aromatic carbocycles. The van der Waals surface area contributed by atoms with E-state index in [9.17, 15) is 13.9 Å². The molecule has 1 atom stereocenters. The summed E-state index contributed by atoms with van der Waals surface area (Å²) in [5, 5.41) is 12.6. The van der Waals surface area contributed by atoms with Crippen molar-refractivity contribution in [2.24, 2.45) is 0 Å². The van der Waals surface area contributed by atoms with Crippen molar-refractivity contribution in [3.05, 3.63) is 59.6 Å². The third kappa shape index (κ3) is 2.94. The number of aliphatic hydroxyl groups excluding tert-OH is 1. The second kappa shape index (κ2) is 5.75. The van der Waals surface area contributed by atoms with Crippen LogP contribution in [0.3, 0.4) is 0 Å². The molecule has 0 aliphatic heterocycles. The van der Waals surface area contributed by atoms with E-state index >= 15 is 0 Å². The van der Waals surface area contributed by atoms with Crippen molar-refractivity contribution in [2.75, 3.05) is 6.54 Å². The minimum Gasteiger partial charge on any atom is -0.468 e. The fourth-order valence-electron chi connectivity index (χ4n) is 1.68. The van der Waals surface area contributed by atoms with Crippen LogP contribution >= 0.6 is 0 Å². The van der Waals surface area contributed by atoms with Crippen LogP contribution in [0, 0.1) is 11.6 Å². The summed E-state index contributed by atoms with van der Waals surface area (Å²) in [4.78, 5) is 0. The molecule has 2 N–H and O–H groups in total. The van der Waals surface area contributed by atoms with Crippen molar-refractivity contribution >= 4 is 0 Å². The highest BCUT2D eigenvalue weighted by Gasteiger charge is 2.17. The Bertz CT molecular complexity index is 479. The minimum atomic E-state index is -1.24. The van der Waals surface area contributed by atoms with Gasteiger partial charge in [-0.05, 0) is 24.3 Å². The molecule has 0 radical (unpaired) electrons. The molecule has 18 heavy (non-hydrogen) atoms. The Morgan fingerprint density at radius 2 is 1.89 bits per heavy atom. The van der Waals surface area contributed by atoms with Crippen molar-refractivity contribution in [3.8, 4) is 0 Å². The number of hydrogen-bond donors (Lipinski definition) is 2. The van der Waals surface area contributed by atoms with E-state index < -0.39 is 17.7 Å². The molecule has 96 valence electrons. The lowest BCUT2D eigenvalue weighted by Gasteiger charge is -2.13. The highest BCUT2D eigenvalue weighted by atomic mass is 19.1. The third-order valence-corrected chi connectivity index (χ3v) is 2.55. The smallest absolute Gasteiger partial charge is 0.131 e. The molecule has 0 aliphatic rings. The van der Waals surface area contributed by atoms with Crippen LogP contribution in [0.4, 0.5) is 8.78 Å². The fraction of sp³-hybridized carbons (Fsp3) is 0.231. The van der Waals surface area contributed by atoms with Gasteiger partial charge in [0.25, 0.3) is 0 Å². The molecule has 0 fully saturated rings. The number of nitrogens with one attached hydrogen (secondary N) is 1. The monoisotopic (exact) mass is 253 g/mol. The van der Waals surface area contributed by atoms with E-state index in [1.54, 1.807) is 12.1 Å². The van der Waals surface area contributed by atoms with Crippen LogP contribution in [0.1, 0.15) is 17.4 Å². The second-order valence-corrected chi connectivity index (χ2v) is 3.86. The molecule has 5 heteroatoms. The lowest BCUT2D eigenvalue weighted by Crippen LogP contribution is -2.22. The normalized spacial score (nSPS) is 12.6. The van der Waals surface area contributed by atoms with E-state index in [0.29, 0.717) is 12.3 Å². The molecule has 1 unspecified atom stereocenters. The van der Waals surface area contributed by atoms with Crippen LogP contribution in [0.25, 0.3) is 0 Å². The molecule has 1 heterocycles. The van der Waals surface area contributed by atoms with E-state index in [2.05, 4.69) is 5.32 Å². The van der Waals surface area contributed by atoms with Gasteiger partial charge in [0.1, 0.15) is 17.4 Å². The Kier molecular flexibility index (Phi) is 4.07. The summed E-state index contributed by atoms with van der Waals surface area (Å²) in [6, 6.07) is 7.01. The molecule has 0 amide bonds. The molecule has 0 aliphatic carbocycles. The quantitative estimate of drug-likeness (QED) is 0.860. The first kappa shape index (κ1) is 12.7. The fourth-order valence-corrected chi connectivity index (χ4v) is 1.68. The van der Waals surface area contributed by atoms with Gasteiger partial charge in [-0.25, -0.2) is 8.78 Å². The lowest BCUT2D eigenvalue weighted by molar-refractivity contribution is 0.164. The van der Waals surface area contributed by atoms with Crippen molar-refractivity contribution in [1.29, 1.82) is 0 Å². The number of benzene rings is 1. The van der Waals surface area contributed by atoms with Gasteiger partial charge in [0.2, 0.25) is 0 Å². The molecule has 3 nitrogen and oxygen atoms in total. The van der Waals surface area contributed by atoms with Crippen LogP contribution in [0.15, 0.2) is 41.0 Å². The van der Waals surface area contributed by atoms with E-state index in [1.165, 1.54) is 12.3 Å². The third-order valence-electron chi connectivity index (χ3n) is 2.55. The van der Waals surface area contributed by atoms with Gasteiger partial charge >= 0.3 is 0 Å². The van der Waals surface area contributed by atoms with Crippen LogP contribution in [0.5, 0.6) is 0 Å². The molecule has 2 aromatic rings. The molecule has 0 saturated carbocycles. The van der Waals surface area contributed by atoms with Crippen molar-refractivity contribution in [3.63, 3.8) is 0 Å². The zero-order valence-electron chi connectivity index (χ0n) is 9.57. The largest absolute Gasteiger partial charge is 0.468 e. The zero-order chi connectivity index (χ0) is 13.0. The van der Waals surface area contributed by atoms with Crippen LogP contribution in [0.2, 0.25) is 0 Å². The standard InChI is InChI=1S/C13H13F2NO2/c14-10-4-1-5-11(15)13(10)12(17)8-16-7-9-3-2-6-18-9/h1-6,12,16-17H,7-8H2. The molecular weight excluding hydrogens is 240 g/mol. The predicted molar refractivity (Wildman–Crippen MR) is 61.7 cm³/mol. The maximum absolute atomic E-state index is 13.4. The Balaban J connectivity index is 1.93. The highest BCUT2D eigenvalue weighted by molar-refractivity contribution is 5.22. The maximum Gasteiger partial charge on any atom is 0.131 e. The van der Waals surface area contributed by atoms with Crippen molar-refractivity contribution < 1.29 is 18.3 Å². The van der Waals surface area contributed by atoms with E-state index in [-0.39, 0.29) is 12.1 Å². The van der Waals surface area contributed by atoms with Crippen molar-refractivity contribution in [1.82, 2.24) is 5.32 Å². The van der Waals surface area contributed by atoms with Gasteiger partial charge in [-0.1, -0.05) is 6.07 Å². The van der Waals surface area contributed by atoms with Gasteiger partial charge in [-0.15, -0.1) is 0 Å². The average molecular weight is 253 g/mol. The van der Waals surface area contributed by atoms with Gasteiger partial charge in [0.15, 0.2) is 0 Å².